The minimum atomic E-state index is -0.419. The highest BCUT2D eigenvalue weighted by Gasteiger charge is 2.11. The molecule has 1 aromatic rings. The van der Waals surface area contributed by atoms with Gasteiger partial charge in [-0.3, -0.25) is 0 Å². The summed E-state index contributed by atoms with van der Waals surface area (Å²) >= 11 is 3.04. The third kappa shape index (κ3) is 2.24. The van der Waals surface area contributed by atoms with Crippen LogP contribution in [-0.2, 0) is 0 Å². The van der Waals surface area contributed by atoms with Crippen LogP contribution in [0.2, 0.25) is 0 Å². The first kappa shape index (κ1) is 11.0. The Morgan fingerprint density at radius 3 is 2.64 bits per heavy atom. The maximum Gasteiger partial charge on any atom is 0.161 e. The van der Waals surface area contributed by atoms with Crippen LogP contribution in [-0.4, -0.2) is 6.04 Å². The average Bonchev–Trinajstić information content (AvgIpc) is 2.13. The maximum absolute atomic E-state index is 13.5. The van der Waals surface area contributed by atoms with Crippen molar-refractivity contribution in [3.8, 4) is 6.07 Å². The van der Waals surface area contributed by atoms with E-state index in [-0.39, 0.29) is 10.5 Å². The molecule has 0 heterocycles. The molecule has 2 nitrogen and oxygen atoms in total. The number of hydrogen-bond acceptors (Lipinski definition) is 2. The number of nitriles is 1. The highest BCUT2D eigenvalue weighted by Crippen LogP contribution is 2.26. The van der Waals surface area contributed by atoms with Crippen LogP contribution in [0.15, 0.2) is 16.6 Å². The van der Waals surface area contributed by atoms with Gasteiger partial charge in [0.2, 0.25) is 0 Å². The molecule has 0 unspecified atom stereocenters. The van der Waals surface area contributed by atoms with Crippen molar-refractivity contribution in [1.82, 2.24) is 0 Å². The van der Waals surface area contributed by atoms with E-state index in [1.54, 1.807) is 12.1 Å². The number of nitrogens with zero attached hydrogens (tertiary/aromatic N) is 1. The fraction of sp³-hybridized carbons (Fsp3) is 0.300. The lowest BCUT2D eigenvalue weighted by Gasteiger charge is -2.11. The van der Waals surface area contributed by atoms with Crippen LogP contribution in [0.1, 0.15) is 19.4 Å². The molecule has 0 fully saturated rings. The first-order valence-electron chi connectivity index (χ1n) is 4.21. The van der Waals surface area contributed by atoms with Gasteiger partial charge in [-0.15, -0.1) is 0 Å². The zero-order chi connectivity index (χ0) is 10.7. The van der Waals surface area contributed by atoms with Gasteiger partial charge in [-0.2, -0.15) is 5.26 Å². The molecule has 0 aromatic heterocycles. The molecule has 0 aliphatic heterocycles. The van der Waals surface area contributed by atoms with Crippen molar-refractivity contribution < 1.29 is 4.39 Å². The van der Waals surface area contributed by atoms with Gasteiger partial charge in [0, 0.05) is 6.04 Å². The lowest BCUT2D eigenvalue weighted by Crippen LogP contribution is -2.11. The molecule has 0 spiro atoms. The van der Waals surface area contributed by atoms with E-state index in [1.807, 2.05) is 19.9 Å². The number of halogens is 2. The molecule has 1 aromatic carbocycles. The van der Waals surface area contributed by atoms with Crippen molar-refractivity contribution in [2.45, 2.75) is 19.9 Å². The highest BCUT2D eigenvalue weighted by atomic mass is 79.9. The van der Waals surface area contributed by atoms with Crippen LogP contribution in [0.3, 0.4) is 0 Å². The normalized spacial score (nSPS) is 10.0. The van der Waals surface area contributed by atoms with Gasteiger partial charge >= 0.3 is 0 Å². The van der Waals surface area contributed by atoms with E-state index in [0.717, 1.165) is 0 Å². The Bertz CT molecular complexity index is 382. The molecule has 4 heteroatoms. The standard InChI is InChI=1S/C10H10BrFN2/c1-6(2)14-8-4-3-7(5-13)9(11)10(8)12/h3-4,6,14H,1-2H3. The molecule has 0 aliphatic rings. The number of hydrogen-bond donors (Lipinski definition) is 1. The van der Waals surface area contributed by atoms with Crippen LogP contribution >= 0.6 is 15.9 Å². The molecule has 0 radical (unpaired) electrons. The Morgan fingerprint density at radius 2 is 2.14 bits per heavy atom. The molecule has 74 valence electrons. The van der Waals surface area contributed by atoms with Crippen molar-refractivity contribution in [2.24, 2.45) is 0 Å². The van der Waals surface area contributed by atoms with Crippen LogP contribution in [0.4, 0.5) is 10.1 Å². The number of nitrogens with one attached hydrogen (secondary N) is 1. The van der Waals surface area contributed by atoms with Crippen LogP contribution < -0.4 is 5.32 Å². The summed E-state index contributed by atoms with van der Waals surface area (Å²) in [4.78, 5) is 0. The fourth-order valence-electron chi connectivity index (χ4n) is 1.06. The van der Waals surface area contributed by atoms with Gasteiger partial charge < -0.3 is 5.32 Å². The minimum Gasteiger partial charge on any atom is -0.380 e. The number of rotatable bonds is 2. The second kappa shape index (κ2) is 4.43. The van der Waals surface area contributed by atoms with E-state index in [0.29, 0.717) is 11.3 Å². The van der Waals surface area contributed by atoms with Gasteiger partial charge in [0.25, 0.3) is 0 Å². The highest BCUT2D eigenvalue weighted by molar-refractivity contribution is 9.10. The van der Waals surface area contributed by atoms with E-state index < -0.39 is 5.82 Å². The molecule has 0 bridgehead atoms. The van der Waals surface area contributed by atoms with E-state index in [4.69, 9.17) is 5.26 Å². The van der Waals surface area contributed by atoms with Crippen LogP contribution in [0.25, 0.3) is 0 Å². The summed E-state index contributed by atoms with van der Waals surface area (Å²) in [7, 11) is 0. The third-order valence-corrected chi connectivity index (χ3v) is 2.42. The predicted molar refractivity (Wildman–Crippen MR) is 57.6 cm³/mol. The third-order valence-electron chi connectivity index (χ3n) is 1.65. The molecule has 0 amide bonds. The predicted octanol–water partition coefficient (Wildman–Crippen LogP) is 3.28. The molecular formula is C10H10BrFN2. The van der Waals surface area contributed by atoms with Crippen LogP contribution in [0.5, 0.6) is 0 Å². The molecule has 1 N–H and O–H groups in total. The molecule has 0 saturated heterocycles. The number of benzene rings is 1. The maximum atomic E-state index is 13.5. The smallest absolute Gasteiger partial charge is 0.161 e. The van der Waals surface area contributed by atoms with Crippen LogP contribution in [0, 0.1) is 17.1 Å². The van der Waals surface area contributed by atoms with E-state index in [1.165, 1.54) is 0 Å². The minimum absolute atomic E-state index is 0.157. The largest absolute Gasteiger partial charge is 0.380 e. The lowest BCUT2D eigenvalue weighted by molar-refractivity contribution is 0.621. The molecule has 0 saturated carbocycles. The Balaban J connectivity index is 3.12. The average molecular weight is 257 g/mol. The van der Waals surface area contributed by atoms with Gasteiger partial charge in [0.1, 0.15) is 6.07 Å². The van der Waals surface area contributed by atoms with Crippen molar-refractivity contribution >= 4 is 21.6 Å². The lowest BCUT2D eigenvalue weighted by atomic mass is 10.2. The summed E-state index contributed by atoms with van der Waals surface area (Å²) in [6.07, 6.45) is 0. The molecule has 14 heavy (non-hydrogen) atoms. The molecule has 1 rings (SSSR count). The summed E-state index contributed by atoms with van der Waals surface area (Å²) in [5.41, 5.74) is 0.711. The summed E-state index contributed by atoms with van der Waals surface area (Å²) in [6.45, 7) is 3.84. The Morgan fingerprint density at radius 1 is 1.50 bits per heavy atom. The summed E-state index contributed by atoms with van der Waals surface area (Å²) in [5, 5.41) is 11.6. The quantitative estimate of drug-likeness (QED) is 0.882. The van der Waals surface area contributed by atoms with Crippen molar-refractivity contribution in [3.63, 3.8) is 0 Å². The van der Waals surface area contributed by atoms with Crippen molar-refractivity contribution in [1.29, 1.82) is 5.26 Å². The first-order chi connectivity index (χ1) is 6.56. The van der Waals surface area contributed by atoms with E-state index in [9.17, 15) is 4.39 Å². The topological polar surface area (TPSA) is 35.8 Å². The Kier molecular flexibility index (Phi) is 3.48. The van der Waals surface area contributed by atoms with Crippen molar-refractivity contribution in [3.05, 3.63) is 28.0 Å². The molecular weight excluding hydrogens is 247 g/mol. The Hall–Kier alpha value is -1.08. The van der Waals surface area contributed by atoms with Gasteiger partial charge in [0.15, 0.2) is 5.82 Å². The molecule has 0 atom stereocenters. The fourth-order valence-corrected chi connectivity index (χ4v) is 1.49. The monoisotopic (exact) mass is 256 g/mol. The first-order valence-corrected chi connectivity index (χ1v) is 5.00. The van der Waals surface area contributed by atoms with Gasteiger partial charge in [-0.25, -0.2) is 4.39 Å². The number of anilines is 1. The van der Waals surface area contributed by atoms with E-state index in [2.05, 4.69) is 21.2 Å². The van der Waals surface area contributed by atoms with Crippen molar-refractivity contribution in [2.75, 3.05) is 5.32 Å². The summed E-state index contributed by atoms with van der Waals surface area (Å²) in [6, 6.07) is 5.21. The van der Waals surface area contributed by atoms with Gasteiger partial charge in [-0.05, 0) is 41.9 Å². The zero-order valence-corrected chi connectivity index (χ0v) is 9.52. The SMILES string of the molecule is CC(C)Nc1ccc(C#N)c(Br)c1F. The van der Waals surface area contributed by atoms with E-state index >= 15 is 0 Å². The summed E-state index contributed by atoms with van der Waals surface area (Å²) < 4.78 is 13.8. The molecule has 0 aliphatic carbocycles. The van der Waals surface area contributed by atoms with Gasteiger partial charge in [0.05, 0.1) is 15.7 Å². The zero-order valence-electron chi connectivity index (χ0n) is 7.94. The Labute approximate surface area is 90.9 Å². The second-order valence-corrected chi connectivity index (χ2v) is 3.99. The summed E-state index contributed by atoms with van der Waals surface area (Å²) in [5.74, 6) is -0.419. The van der Waals surface area contributed by atoms with Gasteiger partial charge in [-0.1, -0.05) is 0 Å². The second-order valence-electron chi connectivity index (χ2n) is 3.20.